The molecule has 24 heavy (non-hydrogen) atoms. The highest BCUT2D eigenvalue weighted by Crippen LogP contribution is 2.43. The van der Waals surface area contributed by atoms with Gasteiger partial charge in [0.25, 0.3) is 0 Å². The van der Waals surface area contributed by atoms with Crippen LogP contribution < -0.4 is 9.47 Å². The summed E-state index contributed by atoms with van der Waals surface area (Å²) in [7, 11) is 3.02. The van der Waals surface area contributed by atoms with Crippen molar-refractivity contribution in [2.75, 3.05) is 20.8 Å². The molecule has 0 aliphatic heterocycles. The minimum Gasteiger partial charge on any atom is -0.493 e. The third kappa shape index (κ3) is 3.06. The lowest BCUT2D eigenvalue weighted by atomic mass is 9.69. The van der Waals surface area contributed by atoms with Crippen LogP contribution in [0.2, 0.25) is 0 Å². The summed E-state index contributed by atoms with van der Waals surface area (Å²) in [6, 6.07) is 4.51. The Hall–Kier alpha value is -2.22. The first-order chi connectivity index (χ1) is 11.6. The van der Waals surface area contributed by atoms with Gasteiger partial charge in [0.1, 0.15) is 0 Å². The maximum atomic E-state index is 12.4. The molecule has 1 aliphatic rings. The maximum absolute atomic E-state index is 12.4. The molecule has 0 saturated heterocycles. The molecule has 0 amide bonds. The number of alkyl halides is 2. The summed E-state index contributed by atoms with van der Waals surface area (Å²) in [5.41, 5.74) is 0.373. The van der Waals surface area contributed by atoms with Crippen LogP contribution in [0.1, 0.15) is 25.2 Å². The van der Waals surface area contributed by atoms with Gasteiger partial charge < -0.3 is 18.7 Å². The zero-order valence-electron chi connectivity index (χ0n) is 13.4. The topological polar surface area (TPSA) is 66.6 Å². The molecule has 1 aliphatic carbocycles. The number of hydrogen-bond donors (Lipinski definition) is 0. The number of rotatable bonds is 7. The molecule has 3 rings (SSSR count). The van der Waals surface area contributed by atoms with E-state index in [-0.39, 0.29) is 16.9 Å². The second kappa shape index (κ2) is 6.72. The Bertz CT molecular complexity index is 701. The SMILES string of the molecule is COCC1(c2nc(-c3ccc(OC(F)F)c(OC)c3)no2)CCC1. The van der Waals surface area contributed by atoms with Gasteiger partial charge in [-0.15, -0.1) is 0 Å². The monoisotopic (exact) mass is 340 g/mol. The van der Waals surface area contributed by atoms with E-state index in [4.69, 9.17) is 14.0 Å². The molecular formula is C16H18F2N2O4. The van der Waals surface area contributed by atoms with E-state index in [0.717, 1.165) is 19.3 Å². The zero-order valence-corrected chi connectivity index (χ0v) is 13.4. The number of ether oxygens (including phenoxy) is 3. The van der Waals surface area contributed by atoms with Crippen molar-refractivity contribution in [2.45, 2.75) is 31.3 Å². The molecule has 0 atom stereocenters. The fourth-order valence-corrected chi connectivity index (χ4v) is 2.86. The molecular weight excluding hydrogens is 322 g/mol. The van der Waals surface area contributed by atoms with E-state index >= 15 is 0 Å². The van der Waals surface area contributed by atoms with Gasteiger partial charge in [-0.05, 0) is 31.0 Å². The second-order valence-corrected chi connectivity index (χ2v) is 5.73. The van der Waals surface area contributed by atoms with Gasteiger partial charge in [-0.3, -0.25) is 0 Å². The fraction of sp³-hybridized carbons (Fsp3) is 0.500. The van der Waals surface area contributed by atoms with Gasteiger partial charge in [-0.2, -0.15) is 13.8 Å². The van der Waals surface area contributed by atoms with E-state index in [9.17, 15) is 8.78 Å². The Kier molecular flexibility index (Phi) is 4.66. The molecule has 130 valence electrons. The number of aromatic nitrogens is 2. The Morgan fingerprint density at radius 1 is 1.25 bits per heavy atom. The van der Waals surface area contributed by atoms with Gasteiger partial charge in [0.05, 0.1) is 19.1 Å². The third-order valence-electron chi connectivity index (χ3n) is 4.25. The smallest absolute Gasteiger partial charge is 0.387 e. The highest BCUT2D eigenvalue weighted by atomic mass is 19.3. The predicted octanol–water partition coefficient (Wildman–Crippen LogP) is 3.41. The van der Waals surface area contributed by atoms with Gasteiger partial charge in [-0.1, -0.05) is 11.6 Å². The molecule has 0 radical (unpaired) electrons. The Balaban J connectivity index is 1.87. The number of hydrogen-bond acceptors (Lipinski definition) is 6. The average molecular weight is 340 g/mol. The van der Waals surface area contributed by atoms with Crippen molar-refractivity contribution in [1.82, 2.24) is 10.1 Å². The van der Waals surface area contributed by atoms with Crippen molar-refractivity contribution in [3.63, 3.8) is 0 Å². The highest BCUT2D eigenvalue weighted by molar-refractivity contribution is 5.60. The van der Waals surface area contributed by atoms with E-state index in [0.29, 0.717) is 23.9 Å². The molecule has 1 saturated carbocycles. The molecule has 8 heteroatoms. The molecule has 1 aromatic carbocycles. The van der Waals surface area contributed by atoms with Crippen molar-refractivity contribution < 1.29 is 27.5 Å². The lowest BCUT2D eigenvalue weighted by Crippen LogP contribution is -2.39. The van der Waals surface area contributed by atoms with Crippen LogP contribution in [-0.2, 0) is 10.2 Å². The van der Waals surface area contributed by atoms with Crippen molar-refractivity contribution in [3.05, 3.63) is 24.1 Å². The molecule has 2 aromatic rings. The van der Waals surface area contributed by atoms with Gasteiger partial charge in [0.2, 0.25) is 11.7 Å². The van der Waals surface area contributed by atoms with E-state index in [1.807, 2.05) is 0 Å². The molecule has 1 aromatic heterocycles. The first-order valence-corrected chi connectivity index (χ1v) is 7.54. The average Bonchev–Trinajstić information content (AvgIpc) is 3.00. The summed E-state index contributed by atoms with van der Waals surface area (Å²) in [4.78, 5) is 4.46. The Labute approximate surface area is 137 Å². The molecule has 6 nitrogen and oxygen atoms in total. The molecule has 0 spiro atoms. The lowest BCUT2D eigenvalue weighted by molar-refractivity contribution is -0.0512. The van der Waals surface area contributed by atoms with Crippen molar-refractivity contribution in [2.24, 2.45) is 0 Å². The van der Waals surface area contributed by atoms with E-state index in [1.54, 1.807) is 13.2 Å². The summed E-state index contributed by atoms with van der Waals surface area (Å²) in [6.45, 7) is -2.40. The maximum Gasteiger partial charge on any atom is 0.387 e. The van der Waals surface area contributed by atoms with E-state index in [1.165, 1.54) is 19.2 Å². The first kappa shape index (κ1) is 16.6. The molecule has 1 heterocycles. The highest BCUT2D eigenvalue weighted by Gasteiger charge is 2.44. The Morgan fingerprint density at radius 3 is 2.62 bits per heavy atom. The number of benzene rings is 1. The summed E-state index contributed by atoms with van der Waals surface area (Å²) >= 11 is 0. The third-order valence-corrected chi connectivity index (χ3v) is 4.25. The van der Waals surface area contributed by atoms with Crippen molar-refractivity contribution >= 4 is 0 Å². The van der Waals surface area contributed by atoms with Gasteiger partial charge in [0.15, 0.2) is 11.5 Å². The van der Waals surface area contributed by atoms with Crippen LogP contribution in [0.4, 0.5) is 8.78 Å². The summed E-state index contributed by atoms with van der Waals surface area (Å²) in [5.74, 6) is 1.04. The van der Waals surface area contributed by atoms with E-state index < -0.39 is 6.61 Å². The van der Waals surface area contributed by atoms with Crippen LogP contribution in [-0.4, -0.2) is 37.6 Å². The minimum atomic E-state index is -2.92. The van der Waals surface area contributed by atoms with Crippen LogP contribution in [0.15, 0.2) is 22.7 Å². The summed E-state index contributed by atoms with van der Waals surface area (Å²) < 4.78 is 44.9. The second-order valence-electron chi connectivity index (χ2n) is 5.73. The normalized spacial score (nSPS) is 16.0. The first-order valence-electron chi connectivity index (χ1n) is 7.54. The van der Waals surface area contributed by atoms with Gasteiger partial charge in [-0.25, -0.2) is 0 Å². The Morgan fingerprint density at radius 2 is 2.04 bits per heavy atom. The standard InChI is InChI=1S/C16H18F2N2O4/c1-21-9-16(6-3-7-16)14-19-13(20-24-14)10-4-5-11(23-15(17)18)12(8-10)22-2/h4-5,8,15H,3,6-7,9H2,1-2H3. The summed E-state index contributed by atoms with van der Waals surface area (Å²) in [5, 5.41) is 4.00. The van der Waals surface area contributed by atoms with Crippen LogP contribution in [0.3, 0.4) is 0 Å². The molecule has 0 bridgehead atoms. The van der Waals surface area contributed by atoms with Crippen LogP contribution in [0.5, 0.6) is 11.5 Å². The van der Waals surface area contributed by atoms with Crippen molar-refractivity contribution in [1.29, 1.82) is 0 Å². The largest absolute Gasteiger partial charge is 0.493 e. The van der Waals surface area contributed by atoms with Gasteiger partial charge in [0, 0.05) is 12.7 Å². The molecule has 1 fully saturated rings. The van der Waals surface area contributed by atoms with E-state index in [2.05, 4.69) is 14.9 Å². The quantitative estimate of drug-likeness (QED) is 0.769. The minimum absolute atomic E-state index is 0.0465. The molecule has 0 N–H and O–H groups in total. The molecule has 0 unspecified atom stereocenters. The fourth-order valence-electron chi connectivity index (χ4n) is 2.86. The van der Waals surface area contributed by atoms with Crippen LogP contribution in [0, 0.1) is 0 Å². The van der Waals surface area contributed by atoms with Crippen LogP contribution >= 0.6 is 0 Å². The lowest BCUT2D eigenvalue weighted by Gasteiger charge is -2.37. The predicted molar refractivity (Wildman–Crippen MR) is 80.3 cm³/mol. The van der Waals surface area contributed by atoms with Crippen molar-refractivity contribution in [3.8, 4) is 22.9 Å². The van der Waals surface area contributed by atoms with Crippen LogP contribution in [0.25, 0.3) is 11.4 Å². The number of nitrogens with zero attached hydrogens (tertiary/aromatic N) is 2. The summed E-state index contributed by atoms with van der Waals surface area (Å²) in [6.07, 6.45) is 2.97. The zero-order chi connectivity index (χ0) is 17.2. The number of methoxy groups -OCH3 is 2. The number of halogens is 2. The van der Waals surface area contributed by atoms with Gasteiger partial charge >= 0.3 is 6.61 Å².